The van der Waals surface area contributed by atoms with Crippen molar-refractivity contribution in [2.45, 2.75) is 51.0 Å². The highest BCUT2D eigenvalue weighted by Gasteiger charge is 2.29. The normalized spacial score (nSPS) is 20.7. The first kappa shape index (κ1) is 15.2. The van der Waals surface area contributed by atoms with Gasteiger partial charge in [-0.1, -0.05) is 26.0 Å². The van der Waals surface area contributed by atoms with E-state index in [1.807, 2.05) is 0 Å². The minimum atomic E-state index is 0.327. The summed E-state index contributed by atoms with van der Waals surface area (Å²) >= 11 is 1.76. The Morgan fingerprint density at radius 3 is 2.83 bits per heavy atom. The number of hydrogen-bond acceptors (Lipinski definition) is 4. The van der Waals surface area contributed by atoms with Crippen molar-refractivity contribution in [3.63, 3.8) is 0 Å². The summed E-state index contributed by atoms with van der Waals surface area (Å²) < 4.78 is 0. The summed E-state index contributed by atoms with van der Waals surface area (Å²) in [6.45, 7) is 6.76. The number of fused-ring (bicyclic) bond motifs is 1. The summed E-state index contributed by atoms with van der Waals surface area (Å²) in [5.74, 6) is 0. The van der Waals surface area contributed by atoms with Gasteiger partial charge in [-0.2, -0.15) is 0 Å². The molecule has 1 aliphatic heterocycles. The fourth-order valence-electron chi connectivity index (χ4n) is 3.83. The molecule has 122 valence electrons. The number of anilines is 1. The third-order valence-electron chi connectivity index (χ3n) is 5.45. The lowest BCUT2D eigenvalue weighted by atomic mass is 9.86. The number of piperidine rings is 1. The Morgan fingerprint density at radius 2 is 2.04 bits per heavy atom. The smallest absolute Gasteiger partial charge is 0.185 e. The van der Waals surface area contributed by atoms with Crippen molar-refractivity contribution in [3.8, 4) is 11.3 Å². The maximum absolute atomic E-state index is 6.00. The predicted molar refractivity (Wildman–Crippen MR) is 98.3 cm³/mol. The average molecular weight is 327 g/mol. The van der Waals surface area contributed by atoms with Crippen LogP contribution >= 0.6 is 11.3 Å². The van der Waals surface area contributed by atoms with Crippen molar-refractivity contribution >= 4 is 16.5 Å². The molecular weight excluding hydrogens is 302 g/mol. The minimum absolute atomic E-state index is 0.327. The van der Waals surface area contributed by atoms with Gasteiger partial charge in [-0.3, -0.25) is 0 Å². The number of rotatable bonds is 2. The van der Waals surface area contributed by atoms with Gasteiger partial charge in [0.05, 0.1) is 5.69 Å². The van der Waals surface area contributed by atoms with Crippen LogP contribution in [0.2, 0.25) is 0 Å². The fourth-order valence-corrected chi connectivity index (χ4v) is 4.72. The molecule has 1 aliphatic carbocycles. The van der Waals surface area contributed by atoms with E-state index in [0.29, 0.717) is 11.5 Å². The van der Waals surface area contributed by atoms with E-state index in [4.69, 9.17) is 10.7 Å². The van der Waals surface area contributed by atoms with Crippen molar-refractivity contribution in [1.82, 2.24) is 4.98 Å². The van der Waals surface area contributed by atoms with Crippen LogP contribution in [0.1, 0.15) is 44.2 Å². The molecule has 0 spiro atoms. The van der Waals surface area contributed by atoms with E-state index < -0.39 is 0 Å². The van der Waals surface area contributed by atoms with Gasteiger partial charge in [0.1, 0.15) is 0 Å². The Labute approximate surface area is 142 Å². The van der Waals surface area contributed by atoms with Crippen LogP contribution in [0.25, 0.3) is 11.3 Å². The van der Waals surface area contributed by atoms with Gasteiger partial charge in [-0.25, -0.2) is 4.98 Å². The molecule has 0 bridgehead atoms. The Balaban J connectivity index is 1.58. The largest absolute Gasteiger partial charge is 0.348 e. The molecule has 1 aromatic heterocycles. The van der Waals surface area contributed by atoms with Crippen LogP contribution in [0.15, 0.2) is 23.6 Å². The maximum atomic E-state index is 6.00. The van der Waals surface area contributed by atoms with Gasteiger partial charge in [0, 0.05) is 30.1 Å². The Hall–Kier alpha value is -1.39. The molecule has 2 N–H and O–H groups in total. The highest BCUT2D eigenvalue weighted by Crippen LogP contribution is 2.40. The molecule has 1 saturated heterocycles. The summed E-state index contributed by atoms with van der Waals surface area (Å²) in [7, 11) is 0. The minimum Gasteiger partial charge on any atom is -0.348 e. The lowest BCUT2D eigenvalue weighted by Gasteiger charge is -2.29. The first-order chi connectivity index (χ1) is 11.0. The highest BCUT2D eigenvalue weighted by atomic mass is 32.1. The number of benzene rings is 1. The molecule has 2 aliphatic rings. The van der Waals surface area contributed by atoms with Gasteiger partial charge in [-0.05, 0) is 48.3 Å². The summed E-state index contributed by atoms with van der Waals surface area (Å²) in [4.78, 5) is 7.28. The van der Waals surface area contributed by atoms with Gasteiger partial charge in [0.15, 0.2) is 5.13 Å². The van der Waals surface area contributed by atoms with Crippen molar-refractivity contribution in [1.29, 1.82) is 0 Å². The summed E-state index contributed by atoms with van der Waals surface area (Å²) in [6.07, 6.45) is 4.59. The molecule has 4 heteroatoms. The van der Waals surface area contributed by atoms with Crippen molar-refractivity contribution < 1.29 is 0 Å². The average Bonchev–Trinajstić information content (AvgIpc) is 3.13. The van der Waals surface area contributed by atoms with Gasteiger partial charge < -0.3 is 10.6 Å². The monoisotopic (exact) mass is 327 g/mol. The second-order valence-electron chi connectivity index (χ2n) is 7.60. The number of nitrogens with two attached hydrogens (primary N) is 1. The van der Waals surface area contributed by atoms with Crippen LogP contribution in [-0.2, 0) is 11.8 Å². The van der Waals surface area contributed by atoms with Gasteiger partial charge in [-0.15, -0.1) is 11.3 Å². The van der Waals surface area contributed by atoms with Crippen LogP contribution in [0.4, 0.5) is 5.13 Å². The van der Waals surface area contributed by atoms with Crippen LogP contribution in [0.3, 0.4) is 0 Å². The van der Waals surface area contributed by atoms with Crippen molar-refractivity contribution in [2.75, 3.05) is 18.0 Å². The van der Waals surface area contributed by atoms with E-state index in [1.165, 1.54) is 29.5 Å². The fraction of sp³-hybridized carbons (Fsp3) is 0.526. The molecular formula is C19H25N3S. The molecule has 3 nitrogen and oxygen atoms in total. The van der Waals surface area contributed by atoms with Crippen LogP contribution in [0.5, 0.6) is 0 Å². The van der Waals surface area contributed by atoms with E-state index in [-0.39, 0.29) is 0 Å². The molecule has 0 atom stereocenters. The molecule has 2 heterocycles. The lowest BCUT2D eigenvalue weighted by molar-refractivity contribution is 0.501. The second-order valence-corrected chi connectivity index (χ2v) is 8.43. The van der Waals surface area contributed by atoms with E-state index in [1.54, 1.807) is 11.3 Å². The summed E-state index contributed by atoms with van der Waals surface area (Å²) in [5, 5.41) is 3.35. The van der Waals surface area contributed by atoms with E-state index in [0.717, 1.165) is 36.8 Å². The molecule has 0 amide bonds. The standard InChI is InChI=1S/C19H25N3S/c1-19(2)8-5-13-11-14(3-4-16(13)19)17-12-23-18(21-17)22-9-6-15(20)7-10-22/h3-4,11-12,15H,5-10,20H2,1-2H3. The number of aromatic nitrogens is 1. The van der Waals surface area contributed by atoms with E-state index >= 15 is 0 Å². The topological polar surface area (TPSA) is 42.1 Å². The predicted octanol–water partition coefficient (Wildman–Crippen LogP) is 3.96. The van der Waals surface area contributed by atoms with Crippen LogP contribution in [0, 0.1) is 0 Å². The molecule has 0 saturated carbocycles. The Bertz CT molecular complexity index is 711. The third kappa shape index (κ3) is 2.79. The quantitative estimate of drug-likeness (QED) is 0.908. The van der Waals surface area contributed by atoms with Crippen molar-refractivity contribution in [2.24, 2.45) is 5.73 Å². The lowest BCUT2D eigenvalue weighted by Crippen LogP contribution is -2.39. The number of thiazole rings is 1. The molecule has 4 rings (SSSR count). The molecule has 0 unspecified atom stereocenters. The number of nitrogens with zero attached hydrogens (tertiary/aromatic N) is 2. The number of hydrogen-bond donors (Lipinski definition) is 1. The molecule has 23 heavy (non-hydrogen) atoms. The molecule has 1 fully saturated rings. The van der Waals surface area contributed by atoms with E-state index in [2.05, 4.69) is 42.3 Å². The van der Waals surface area contributed by atoms with Gasteiger partial charge >= 0.3 is 0 Å². The Morgan fingerprint density at radius 1 is 1.26 bits per heavy atom. The first-order valence-electron chi connectivity index (χ1n) is 8.63. The SMILES string of the molecule is CC1(C)CCc2cc(-c3csc(N4CCC(N)CC4)n3)ccc21. The zero-order chi connectivity index (χ0) is 16.0. The maximum Gasteiger partial charge on any atom is 0.185 e. The van der Waals surface area contributed by atoms with Gasteiger partial charge in [0.25, 0.3) is 0 Å². The molecule has 1 aromatic carbocycles. The second kappa shape index (κ2) is 5.60. The zero-order valence-corrected chi connectivity index (χ0v) is 14.8. The number of aryl methyl sites for hydroxylation is 1. The van der Waals surface area contributed by atoms with Crippen molar-refractivity contribution in [3.05, 3.63) is 34.7 Å². The van der Waals surface area contributed by atoms with Gasteiger partial charge in [0.2, 0.25) is 0 Å². The molecule has 2 aromatic rings. The third-order valence-corrected chi connectivity index (χ3v) is 6.35. The molecule has 0 radical (unpaired) electrons. The van der Waals surface area contributed by atoms with Crippen LogP contribution in [-0.4, -0.2) is 24.1 Å². The van der Waals surface area contributed by atoms with Crippen LogP contribution < -0.4 is 10.6 Å². The Kier molecular flexibility index (Phi) is 3.69. The summed E-state index contributed by atoms with van der Waals surface area (Å²) in [6, 6.07) is 7.29. The highest BCUT2D eigenvalue weighted by molar-refractivity contribution is 7.14. The summed E-state index contributed by atoms with van der Waals surface area (Å²) in [5.41, 5.74) is 11.7. The zero-order valence-electron chi connectivity index (χ0n) is 14.0. The van der Waals surface area contributed by atoms with E-state index in [9.17, 15) is 0 Å². The first-order valence-corrected chi connectivity index (χ1v) is 9.51.